The van der Waals surface area contributed by atoms with Gasteiger partial charge in [-0.2, -0.15) is 0 Å². The maximum absolute atomic E-state index is 12.3. The van der Waals surface area contributed by atoms with Crippen molar-refractivity contribution >= 4 is 48.9 Å². The molecule has 0 radical (unpaired) electrons. The van der Waals surface area contributed by atoms with Gasteiger partial charge in [0, 0.05) is 6.20 Å². The minimum absolute atomic E-state index is 0.0554. The van der Waals surface area contributed by atoms with Crippen molar-refractivity contribution in [3.63, 3.8) is 0 Å². The Bertz CT molecular complexity index is 770. The Morgan fingerprint density at radius 3 is 2.75 bits per heavy atom. The number of hydrogen-bond acceptors (Lipinski definition) is 5. The predicted octanol–water partition coefficient (Wildman–Crippen LogP) is 2.71. The number of carboxylic acid groups (broad SMARTS) is 1. The van der Waals surface area contributed by atoms with Gasteiger partial charge in [-0.15, -0.1) is 11.3 Å². The average Bonchev–Trinajstić information content (AvgIpc) is 2.75. The highest BCUT2D eigenvalue weighted by Crippen LogP contribution is 2.33. The molecule has 2 aromatic heterocycles. The topological polar surface area (TPSA) is 96.4 Å². The summed E-state index contributed by atoms with van der Waals surface area (Å²) < 4.78 is 27.1. The van der Waals surface area contributed by atoms with Crippen LogP contribution < -0.4 is 4.72 Å². The number of aromatic nitrogens is 1. The fourth-order valence-electron chi connectivity index (χ4n) is 1.41. The van der Waals surface area contributed by atoms with Crippen LogP contribution in [0.25, 0.3) is 0 Å². The van der Waals surface area contributed by atoms with E-state index in [1.807, 2.05) is 0 Å². The summed E-state index contributed by atoms with van der Waals surface area (Å²) in [7, 11) is -3.87. The first kappa shape index (κ1) is 14.9. The van der Waals surface area contributed by atoms with E-state index in [2.05, 4.69) is 25.6 Å². The second-order valence-electron chi connectivity index (χ2n) is 3.85. The number of carboxylic acids is 1. The van der Waals surface area contributed by atoms with Crippen LogP contribution in [0.5, 0.6) is 0 Å². The number of carbonyl (C=O) groups is 1. The van der Waals surface area contributed by atoms with Crippen molar-refractivity contribution < 1.29 is 18.3 Å². The summed E-state index contributed by atoms with van der Waals surface area (Å²) in [6.07, 6.45) is 2.95. The second kappa shape index (κ2) is 5.51. The number of rotatable bonds is 4. The van der Waals surface area contributed by atoms with Crippen LogP contribution in [0.15, 0.2) is 33.2 Å². The fourth-order valence-corrected chi connectivity index (χ4v) is 4.93. The van der Waals surface area contributed by atoms with Crippen LogP contribution in [0.4, 0.5) is 5.69 Å². The molecule has 0 atom stereocenters. The van der Waals surface area contributed by atoms with Gasteiger partial charge >= 0.3 is 5.97 Å². The smallest absolute Gasteiger partial charge is 0.345 e. The Balaban J connectivity index is 2.41. The number of sulfonamides is 1. The quantitative estimate of drug-likeness (QED) is 0.854. The van der Waals surface area contributed by atoms with Crippen molar-refractivity contribution in [2.24, 2.45) is 0 Å². The van der Waals surface area contributed by atoms with Crippen LogP contribution in [0, 0.1) is 6.92 Å². The van der Waals surface area contributed by atoms with Crippen molar-refractivity contribution in [2.45, 2.75) is 11.8 Å². The molecule has 2 N–H and O–H groups in total. The molecule has 9 heteroatoms. The summed E-state index contributed by atoms with van der Waals surface area (Å²) in [6, 6.07) is 2.79. The van der Waals surface area contributed by atoms with Crippen LogP contribution in [-0.2, 0) is 10.0 Å². The number of aryl methyl sites for hydroxylation is 1. The lowest BCUT2D eigenvalue weighted by Crippen LogP contribution is -2.13. The van der Waals surface area contributed by atoms with Crippen LogP contribution in [-0.4, -0.2) is 24.5 Å². The molecule has 0 saturated carbocycles. The molecular formula is C11H9BrN2O4S2. The van der Waals surface area contributed by atoms with Crippen molar-refractivity contribution in [1.82, 2.24) is 4.98 Å². The monoisotopic (exact) mass is 376 g/mol. The number of anilines is 1. The van der Waals surface area contributed by atoms with Crippen LogP contribution in [0.2, 0.25) is 0 Å². The van der Waals surface area contributed by atoms with Crippen molar-refractivity contribution in [1.29, 1.82) is 0 Å². The molecule has 2 rings (SSSR count). The zero-order valence-corrected chi connectivity index (χ0v) is 13.3. The first-order valence-corrected chi connectivity index (χ1v) is 8.36. The van der Waals surface area contributed by atoms with Gasteiger partial charge in [-0.1, -0.05) is 0 Å². The molecular weight excluding hydrogens is 368 g/mol. The van der Waals surface area contributed by atoms with Crippen LogP contribution in [0.1, 0.15) is 15.2 Å². The Morgan fingerprint density at radius 1 is 1.50 bits per heavy atom. The summed E-state index contributed by atoms with van der Waals surface area (Å²) in [5, 5.41) is 8.89. The molecule has 0 aliphatic rings. The maximum Gasteiger partial charge on any atom is 0.345 e. The molecule has 0 saturated heterocycles. The summed E-state index contributed by atoms with van der Waals surface area (Å²) in [6.45, 7) is 1.74. The van der Waals surface area contributed by atoms with Crippen molar-refractivity contribution in [2.75, 3.05) is 4.72 Å². The third-order valence-corrected chi connectivity index (χ3v) is 6.04. The first-order chi connectivity index (χ1) is 9.31. The van der Waals surface area contributed by atoms with E-state index in [4.69, 9.17) is 5.11 Å². The van der Waals surface area contributed by atoms with Crippen LogP contribution >= 0.6 is 27.3 Å². The van der Waals surface area contributed by atoms with Gasteiger partial charge in [-0.25, -0.2) is 13.2 Å². The molecule has 20 heavy (non-hydrogen) atoms. The highest BCUT2D eigenvalue weighted by atomic mass is 79.9. The van der Waals surface area contributed by atoms with E-state index < -0.39 is 16.0 Å². The molecule has 0 aliphatic carbocycles. The molecule has 0 aromatic carbocycles. The highest BCUT2D eigenvalue weighted by molar-refractivity contribution is 9.11. The predicted molar refractivity (Wildman–Crippen MR) is 78.8 cm³/mol. The molecule has 0 amide bonds. The largest absolute Gasteiger partial charge is 0.477 e. The molecule has 2 heterocycles. The van der Waals surface area contributed by atoms with E-state index in [0.717, 1.165) is 17.4 Å². The van der Waals surface area contributed by atoms with Gasteiger partial charge in [0.15, 0.2) is 0 Å². The standard InChI is InChI=1S/C11H9BrN2O4S2/c1-6-2-3-13-5-7(6)14-20(17,18)9-4-8(11(15)16)19-10(9)12/h2-5,14H,1H3,(H,15,16). The second-order valence-corrected chi connectivity index (χ2v) is 7.87. The molecule has 0 spiro atoms. The van der Waals surface area contributed by atoms with E-state index in [1.165, 1.54) is 6.20 Å². The minimum Gasteiger partial charge on any atom is -0.477 e. The lowest BCUT2D eigenvalue weighted by atomic mass is 10.3. The van der Waals surface area contributed by atoms with E-state index in [-0.39, 0.29) is 13.6 Å². The van der Waals surface area contributed by atoms with Gasteiger partial charge < -0.3 is 5.11 Å². The lowest BCUT2D eigenvalue weighted by Gasteiger charge is -2.08. The van der Waals surface area contributed by atoms with Gasteiger partial charge in [0.25, 0.3) is 10.0 Å². The van der Waals surface area contributed by atoms with Gasteiger partial charge in [0.2, 0.25) is 0 Å². The number of hydrogen-bond donors (Lipinski definition) is 2. The van der Waals surface area contributed by atoms with Gasteiger partial charge in [0.1, 0.15) is 9.77 Å². The van der Waals surface area contributed by atoms with Crippen molar-refractivity contribution in [3.05, 3.63) is 38.8 Å². The van der Waals surface area contributed by atoms with Gasteiger partial charge in [-0.3, -0.25) is 9.71 Å². The lowest BCUT2D eigenvalue weighted by molar-refractivity contribution is 0.0702. The first-order valence-electron chi connectivity index (χ1n) is 5.27. The van der Waals surface area contributed by atoms with E-state index in [9.17, 15) is 13.2 Å². The highest BCUT2D eigenvalue weighted by Gasteiger charge is 2.23. The maximum atomic E-state index is 12.3. The molecule has 0 unspecified atom stereocenters. The average molecular weight is 377 g/mol. The Morgan fingerprint density at radius 2 is 2.20 bits per heavy atom. The normalized spacial score (nSPS) is 11.3. The SMILES string of the molecule is Cc1ccncc1NS(=O)(=O)c1cc(C(=O)O)sc1Br. The van der Waals surface area contributed by atoms with Gasteiger partial charge in [0.05, 0.1) is 15.7 Å². The number of thiophene rings is 1. The van der Waals surface area contributed by atoms with Crippen molar-refractivity contribution in [3.8, 4) is 0 Å². The van der Waals surface area contributed by atoms with E-state index in [0.29, 0.717) is 11.3 Å². The molecule has 0 fully saturated rings. The number of nitrogens with zero attached hydrogens (tertiary/aromatic N) is 1. The fraction of sp³-hybridized carbons (Fsp3) is 0.0909. The third-order valence-electron chi connectivity index (χ3n) is 2.44. The number of aromatic carboxylic acids is 1. The van der Waals surface area contributed by atoms with E-state index in [1.54, 1.807) is 19.2 Å². The summed E-state index contributed by atoms with van der Waals surface area (Å²) in [5.74, 6) is -1.17. The van der Waals surface area contributed by atoms with Gasteiger partial charge in [-0.05, 0) is 40.5 Å². The Labute approximate surface area is 127 Å². The Kier molecular flexibility index (Phi) is 4.11. The third kappa shape index (κ3) is 3.00. The van der Waals surface area contributed by atoms with E-state index >= 15 is 0 Å². The molecule has 2 aromatic rings. The zero-order chi connectivity index (χ0) is 14.9. The Hall–Kier alpha value is -1.45. The molecule has 0 aliphatic heterocycles. The van der Waals surface area contributed by atoms with Crippen LogP contribution in [0.3, 0.4) is 0 Å². The summed E-state index contributed by atoms with van der Waals surface area (Å²) in [5.41, 5.74) is 1.07. The summed E-state index contributed by atoms with van der Waals surface area (Å²) >= 11 is 3.92. The number of pyridine rings is 1. The number of halogens is 1. The zero-order valence-electron chi connectivity index (χ0n) is 10.1. The number of nitrogens with one attached hydrogen (secondary N) is 1. The molecule has 6 nitrogen and oxygen atoms in total. The molecule has 0 bridgehead atoms. The summed E-state index contributed by atoms with van der Waals surface area (Å²) in [4.78, 5) is 14.6. The minimum atomic E-state index is -3.87. The molecule has 106 valence electrons.